The highest BCUT2D eigenvalue weighted by atomic mass is 15.2. The van der Waals surface area contributed by atoms with Crippen LogP contribution in [0.4, 0.5) is 0 Å². The third-order valence-electron chi connectivity index (χ3n) is 3.64. The first-order valence-corrected chi connectivity index (χ1v) is 6.33. The maximum atomic E-state index is 4.37. The molecule has 2 heterocycles. The van der Waals surface area contributed by atoms with Crippen LogP contribution in [0.25, 0.3) is 5.52 Å². The van der Waals surface area contributed by atoms with Crippen molar-refractivity contribution in [2.75, 3.05) is 7.05 Å². The zero-order chi connectivity index (χ0) is 11.7. The van der Waals surface area contributed by atoms with Crippen LogP contribution in [0.1, 0.15) is 37.3 Å². The molecule has 1 aliphatic carbocycles. The Kier molecular flexibility index (Phi) is 2.81. The predicted molar refractivity (Wildman–Crippen MR) is 66.7 cm³/mol. The van der Waals surface area contributed by atoms with E-state index in [9.17, 15) is 0 Å². The van der Waals surface area contributed by atoms with Gasteiger partial charge < -0.3 is 5.32 Å². The van der Waals surface area contributed by atoms with Crippen molar-refractivity contribution in [1.29, 1.82) is 0 Å². The Morgan fingerprint density at radius 1 is 1.47 bits per heavy atom. The van der Waals surface area contributed by atoms with E-state index in [-0.39, 0.29) is 0 Å². The summed E-state index contributed by atoms with van der Waals surface area (Å²) in [6, 6.07) is 0.400. The van der Waals surface area contributed by atoms with Crippen LogP contribution in [0, 0.1) is 5.92 Å². The molecule has 1 saturated carbocycles. The minimum atomic E-state index is 0.400. The van der Waals surface area contributed by atoms with Gasteiger partial charge in [0.25, 0.3) is 0 Å². The normalized spacial score (nSPS) is 17.5. The van der Waals surface area contributed by atoms with Gasteiger partial charge in [0.2, 0.25) is 0 Å². The fourth-order valence-corrected chi connectivity index (χ4v) is 2.39. The minimum Gasteiger partial charge on any atom is -0.313 e. The third kappa shape index (κ3) is 2.17. The first-order chi connectivity index (χ1) is 8.38. The lowest BCUT2D eigenvalue weighted by atomic mass is 10.0. The largest absolute Gasteiger partial charge is 0.313 e. The average Bonchev–Trinajstić information content (AvgIpc) is 3.10. The van der Waals surface area contributed by atoms with Gasteiger partial charge in [0, 0.05) is 24.0 Å². The Balaban J connectivity index is 1.83. The van der Waals surface area contributed by atoms with Gasteiger partial charge in [-0.05, 0) is 25.8 Å². The van der Waals surface area contributed by atoms with E-state index in [1.54, 1.807) is 6.20 Å². The fourth-order valence-electron chi connectivity index (χ4n) is 2.39. The zero-order valence-corrected chi connectivity index (χ0v) is 10.1. The second kappa shape index (κ2) is 4.45. The van der Waals surface area contributed by atoms with Gasteiger partial charge in [-0.25, -0.2) is 4.52 Å². The summed E-state index contributed by atoms with van der Waals surface area (Å²) in [6.45, 7) is 0. The first-order valence-electron chi connectivity index (χ1n) is 6.33. The highest BCUT2D eigenvalue weighted by Gasteiger charge is 2.23. The molecule has 4 heteroatoms. The second-order valence-corrected chi connectivity index (χ2v) is 4.87. The summed E-state index contributed by atoms with van der Waals surface area (Å²) in [5.74, 6) is 0.978. The second-order valence-electron chi connectivity index (χ2n) is 4.87. The topological polar surface area (TPSA) is 42.2 Å². The van der Waals surface area contributed by atoms with Crippen LogP contribution in [0.2, 0.25) is 0 Å². The summed E-state index contributed by atoms with van der Waals surface area (Å²) >= 11 is 0. The maximum absolute atomic E-state index is 4.37. The molecular weight excluding hydrogens is 212 g/mol. The molecule has 1 atom stereocenters. The number of nitrogens with zero attached hydrogens (tertiary/aromatic N) is 3. The van der Waals surface area contributed by atoms with E-state index in [1.807, 2.05) is 30.2 Å². The van der Waals surface area contributed by atoms with Gasteiger partial charge >= 0.3 is 0 Å². The van der Waals surface area contributed by atoms with Gasteiger partial charge in [-0.2, -0.15) is 5.10 Å². The minimum absolute atomic E-state index is 0.400. The standard InChI is InChI=1S/C13H18N4/c1-14-12(5-4-10-2-3-10)11-8-16-17-7-6-15-9-13(11)17/h6-10,12,14H,2-5H2,1H3. The summed E-state index contributed by atoms with van der Waals surface area (Å²) in [4.78, 5) is 4.18. The van der Waals surface area contributed by atoms with E-state index in [4.69, 9.17) is 0 Å². The van der Waals surface area contributed by atoms with Crippen molar-refractivity contribution >= 4 is 5.52 Å². The number of hydrogen-bond donors (Lipinski definition) is 1. The van der Waals surface area contributed by atoms with Gasteiger partial charge in [0.15, 0.2) is 0 Å². The average molecular weight is 230 g/mol. The molecule has 1 aliphatic rings. The number of rotatable bonds is 5. The van der Waals surface area contributed by atoms with Crippen molar-refractivity contribution in [2.24, 2.45) is 5.92 Å². The van der Waals surface area contributed by atoms with E-state index in [0.717, 1.165) is 11.4 Å². The van der Waals surface area contributed by atoms with Gasteiger partial charge in [-0.3, -0.25) is 4.98 Å². The smallest absolute Gasteiger partial charge is 0.0892 e. The van der Waals surface area contributed by atoms with Crippen LogP contribution in [0.15, 0.2) is 24.8 Å². The lowest BCUT2D eigenvalue weighted by Gasteiger charge is -2.14. The van der Waals surface area contributed by atoms with Crippen LogP contribution in [-0.4, -0.2) is 21.6 Å². The van der Waals surface area contributed by atoms with Crippen LogP contribution in [-0.2, 0) is 0 Å². The van der Waals surface area contributed by atoms with E-state index in [2.05, 4.69) is 15.4 Å². The lowest BCUT2D eigenvalue weighted by Crippen LogP contribution is -2.16. The van der Waals surface area contributed by atoms with Crippen molar-refractivity contribution in [2.45, 2.75) is 31.7 Å². The Bertz CT molecular complexity index is 501. The number of fused-ring (bicyclic) bond motifs is 1. The summed E-state index contributed by atoms with van der Waals surface area (Å²) in [5.41, 5.74) is 2.38. The Morgan fingerprint density at radius 2 is 2.35 bits per heavy atom. The van der Waals surface area contributed by atoms with Crippen molar-refractivity contribution in [3.63, 3.8) is 0 Å². The maximum Gasteiger partial charge on any atom is 0.0892 e. The molecule has 0 saturated heterocycles. The van der Waals surface area contributed by atoms with Crippen LogP contribution in [0.3, 0.4) is 0 Å². The molecule has 2 aromatic rings. The molecule has 90 valence electrons. The summed E-state index contributed by atoms with van der Waals surface area (Å²) in [5, 5.41) is 7.77. The molecule has 0 radical (unpaired) electrons. The highest BCUT2D eigenvalue weighted by Crippen LogP contribution is 2.36. The highest BCUT2D eigenvalue weighted by molar-refractivity contribution is 5.53. The van der Waals surface area contributed by atoms with Crippen molar-refractivity contribution < 1.29 is 0 Å². The molecule has 1 unspecified atom stereocenters. The SMILES string of the molecule is CNC(CCC1CC1)c1cnn2ccncc12. The van der Waals surface area contributed by atoms with E-state index >= 15 is 0 Å². The number of hydrogen-bond acceptors (Lipinski definition) is 3. The summed E-state index contributed by atoms with van der Waals surface area (Å²) in [6.07, 6.45) is 12.9. The van der Waals surface area contributed by atoms with E-state index in [1.165, 1.54) is 31.2 Å². The van der Waals surface area contributed by atoms with Crippen LogP contribution in [0.5, 0.6) is 0 Å². The van der Waals surface area contributed by atoms with E-state index in [0.29, 0.717) is 6.04 Å². The van der Waals surface area contributed by atoms with Gasteiger partial charge in [0.05, 0.1) is 17.9 Å². The van der Waals surface area contributed by atoms with Crippen molar-refractivity contribution in [3.05, 3.63) is 30.4 Å². The third-order valence-corrected chi connectivity index (χ3v) is 3.64. The molecule has 4 nitrogen and oxygen atoms in total. The zero-order valence-electron chi connectivity index (χ0n) is 10.1. The summed E-state index contributed by atoms with van der Waals surface area (Å²) < 4.78 is 1.89. The Hall–Kier alpha value is -1.42. The molecular formula is C13H18N4. The predicted octanol–water partition coefficient (Wildman–Crippen LogP) is 2.18. The van der Waals surface area contributed by atoms with Crippen molar-refractivity contribution in [1.82, 2.24) is 19.9 Å². The number of nitrogens with one attached hydrogen (secondary N) is 1. The van der Waals surface area contributed by atoms with Gasteiger partial charge in [0.1, 0.15) is 0 Å². The monoisotopic (exact) mass is 230 g/mol. The van der Waals surface area contributed by atoms with Gasteiger partial charge in [-0.15, -0.1) is 0 Å². The van der Waals surface area contributed by atoms with Crippen LogP contribution >= 0.6 is 0 Å². The summed E-state index contributed by atoms with van der Waals surface area (Å²) in [7, 11) is 2.03. The molecule has 1 N–H and O–H groups in total. The molecule has 0 spiro atoms. The molecule has 0 amide bonds. The fraction of sp³-hybridized carbons (Fsp3) is 0.538. The van der Waals surface area contributed by atoms with E-state index < -0.39 is 0 Å². The quantitative estimate of drug-likeness (QED) is 0.856. The van der Waals surface area contributed by atoms with Crippen LogP contribution < -0.4 is 5.32 Å². The molecule has 17 heavy (non-hydrogen) atoms. The first kappa shape index (κ1) is 10.7. The molecule has 0 aliphatic heterocycles. The van der Waals surface area contributed by atoms with Crippen molar-refractivity contribution in [3.8, 4) is 0 Å². The molecule has 1 fully saturated rings. The Morgan fingerprint density at radius 3 is 3.12 bits per heavy atom. The van der Waals surface area contributed by atoms with Gasteiger partial charge in [-0.1, -0.05) is 12.8 Å². The molecule has 3 rings (SSSR count). The molecule has 2 aromatic heterocycles. The molecule has 0 bridgehead atoms. The lowest BCUT2D eigenvalue weighted by molar-refractivity contribution is 0.509. The molecule has 0 aromatic carbocycles. The Labute approximate surface area is 101 Å². The number of aromatic nitrogens is 3.